The molecule has 0 aromatic carbocycles. The van der Waals surface area contributed by atoms with Gasteiger partial charge >= 0.3 is 0 Å². The van der Waals surface area contributed by atoms with Crippen molar-refractivity contribution in [2.24, 2.45) is 5.92 Å². The molecule has 3 nitrogen and oxygen atoms in total. The fraction of sp³-hybridized carbons (Fsp3) is 0.900. The summed E-state index contributed by atoms with van der Waals surface area (Å²) in [6.45, 7) is 0. The van der Waals surface area contributed by atoms with Crippen LogP contribution in [0.3, 0.4) is 0 Å². The lowest BCUT2D eigenvalue weighted by atomic mass is 9.84. The van der Waals surface area contributed by atoms with E-state index >= 15 is 0 Å². The van der Waals surface area contributed by atoms with Crippen molar-refractivity contribution in [1.82, 2.24) is 4.90 Å². The Kier molecular flexibility index (Phi) is 3.72. The normalized spacial score (nSPS) is 28.5. The van der Waals surface area contributed by atoms with Gasteiger partial charge in [0.15, 0.2) is 0 Å². The number of carbonyl (C=O) groups excluding carboxylic acids is 1. The molecule has 0 aromatic heterocycles. The maximum Gasteiger partial charge on any atom is 0.222 e. The number of nitrogens with zero attached hydrogens (tertiary/aromatic N) is 1. The molecular weight excluding hydrogens is 166 g/mol. The zero-order valence-corrected chi connectivity index (χ0v) is 8.49. The lowest BCUT2D eigenvalue weighted by Crippen LogP contribution is -2.31. The molecule has 0 aliphatic heterocycles. The highest BCUT2D eigenvalue weighted by atomic mass is 16.3. The summed E-state index contributed by atoms with van der Waals surface area (Å²) in [5.41, 5.74) is 0. The Hall–Kier alpha value is -0.570. The van der Waals surface area contributed by atoms with Gasteiger partial charge in [-0.1, -0.05) is 12.8 Å². The molecule has 0 bridgehead atoms. The standard InChI is InChI=1S/C10H19NO2/c1-11(2)10(13)7-8-5-3-4-6-9(8)12/h8-9,12H,3-7H2,1-2H3/t8-,9+/m1/s1. The van der Waals surface area contributed by atoms with Crippen LogP contribution in [0.2, 0.25) is 0 Å². The molecule has 0 spiro atoms. The first-order valence-electron chi connectivity index (χ1n) is 4.99. The van der Waals surface area contributed by atoms with Crippen LogP contribution in [0.15, 0.2) is 0 Å². The minimum absolute atomic E-state index is 0.131. The highest BCUT2D eigenvalue weighted by Crippen LogP contribution is 2.27. The third-order valence-corrected chi connectivity index (χ3v) is 2.80. The van der Waals surface area contributed by atoms with Crippen molar-refractivity contribution < 1.29 is 9.90 Å². The van der Waals surface area contributed by atoms with Crippen molar-refractivity contribution in [3.63, 3.8) is 0 Å². The largest absolute Gasteiger partial charge is 0.393 e. The SMILES string of the molecule is CN(C)C(=O)C[C@H]1CCCC[C@@H]1O. The van der Waals surface area contributed by atoms with E-state index in [1.807, 2.05) is 0 Å². The molecule has 1 aliphatic carbocycles. The Labute approximate surface area is 79.7 Å². The molecule has 0 heterocycles. The molecule has 1 aliphatic rings. The van der Waals surface area contributed by atoms with Gasteiger partial charge in [0.2, 0.25) is 5.91 Å². The van der Waals surface area contributed by atoms with E-state index in [2.05, 4.69) is 0 Å². The van der Waals surface area contributed by atoms with Crippen molar-refractivity contribution in [2.45, 2.75) is 38.2 Å². The zero-order valence-electron chi connectivity index (χ0n) is 8.49. The molecule has 1 N–H and O–H groups in total. The lowest BCUT2D eigenvalue weighted by molar-refractivity contribution is -0.131. The zero-order chi connectivity index (χ0) is 9.84. The van der Waals surface area contributed by atoms with Crippen molar-refractivity contribution in [1.29, 1.82) is 0 Å². The van der Waals surface area contributed by atoms with E-state index < -0.39 is 0 Å². The second kappa shape index (κ2) is 4.61. The average Bonchev–Trinajstić information content (AvgIpc) is 2.08. The van der Waals surface area contributed by atoms with Crippen LogP contribution >= 0.6 is 0 Å². The predicted octanol–water partition coefficient (Wildman–Crippen LogP) is 1.02. The van der Waals surface area contributed by atoms with Gasteiger partial charge in [-0.25, -0.2) is 0 Å². The molecule has 1 fully saturated rings. The van der Waals surface area contributed by atoms with E-state index in [9.17, 15) is 9.90 Å². The molecule has 0 aromatic rings. The van der Waals surface area contributed by atoms with Gasteiger partial charge in [-0.3, -0.25) is 4.79 Å². The summed E-state index contributed by atoms with van der Waals surface area (Å²) in [5.74, 6) is 0.328. The molecule has 0 unspecified atom stereocenters. The highest BCUT2D eigenvalue weighted by molar-refractivity contribution is 5.75. The van der Waals surface area contributed by atoms with Crippen molar-refractivity contribution in [2.75, 3.05) is 14.1 Å². The van der Waals surface area contributed by atoms with Crippen molar-refractivity contribution >= 4 is 5.91 Å². The predicted molar refractivity (Wildman–Crippen MR) is 51.3 cm³/mol. The van der Waals surface area contributed by atoms with Gasteiger partial charge in [-0.2, -0.15) is 0 Å². The molecule has 0 saturated heterocycles. The smallest absolute Gasteiger partial charge is 0.222 e. The quantitative estimate of drug-likeness (QED) is 0.697. The Balaban J connectivity index is 2.38. The van der Waals surface area contributed by atoms with Crippen LogP contribution in [0.4, 0.5) is 0 Å². The van der Waals surface area contributed by atoms with Crippen LogP contribution in [-0.4, -0.2) is 36.1 Å². The van der Waals surface area contributed by atoms with Crippen LogP contribution in [0.1, 0.15) is 32.1 Å². The summed E-state index contributed by atoms with van der Waals surface area (Å²) in [7, 11) is 3.52. The van der Waals surface area contributed by atoms with Gasteiger partial charge in [0.1, 0.15) is 0 Å². The van der Waals surface area contributed by atoms with Gasteiger partial charge in [-0.05, 0) is 18.8 Å². The molecular formula is C10H19NO2. The number of hydrogen-bond acceptors (Lipinski definition) is 2. The monoisotopic (exact) mass is 185 g/mol. The second-order valence-corrected chi connectivity index (χ2v) is 4.10. The maximum absolute atomic E-state index is 11.4. The topological polar surface area (TPSA) is 40.5 Å². The van der Waals surface area contributed by atoms with Crippen molar-refractivity contribution in [3.05, 3.63) is 0 Å². The number of aliphatic hydroxyl groups excluding tert-OH is 1. The van der Waals surface area contributed by atoms with Crippen molar-refractivity contribution in [3.8, 4) is 0 Å². The number of carbonyl (C=O) groups is 1. The maximum atomic E-state index is 11.4. The molecule has 2 atom stereocenters. The minimum Gasteiger partial charge on any atom is -0.393 e. The van der Waals surface area contributed by atoms with Gasteiger partial charge < -0.3 is 10.0 Å². The third-order valence-electron chi connectivity index (χ3n) is 2.80. The molecule has 13 heavy (non-hydrogen) atoms. The first-order chi connectivity index (χ1) is 6.11. The van der Waals surface area contributed by atoms with E-state index in [0.29, 0.717) is 6.42 Å². The summed E-state index contributed by atoms with van der Waals surface area (Å²) >= 11 is 0. The van der Waals surface area contributed by atoms with Gasteiger partial charge in [0.05, 0.1) is 6.10 Å². The Morgan fingerprint density at radius 1 is 1.38 bits per heavy atom. The van der Waals surface area contributed by atoms with Gasteiger partial charge in [0.25, 0.3) is 0 Å². The summed E-state index contributed by atoms with van der Waals surface area (Å²) < 4.78 is 0. The number of rotatable bonds is 2. The summed E-state index contributed by atoms with van der Waals surface area (Å²) in [4.78, 5) is 13.0. The third kappa shape index (κ3) is 2.99. The molecule has 1 amide bonds. The number of aliphatic hydroxyl groups is 1. The fourth-order valence-electron chi connectivity index (χ4n) is 1.83. The van der Waals surface area contributed by atoms with E-state index in [4.69, 9.17) is 0 Å². The molecule has 1 rings (SSSR count). The van der Waals surface area contributed by atoms with E-state index in [0.717, 1.165) is 25.7 Å². The molecule has 0 radical (unpaired) electrons. The number of amides is 1. The summed E-state index contributed by atoms with van der Waals surface area (Å²) in [6.07, 6.45) is 4.38. The Morgan fingerprint density at radius 2 is 2.00 bits per heavy atom. The summed E-state index contributed by atoms with van der Waals surface area (Å²) in [6, 6.07) is 0. The Bertz CT molecular complexity index is 180. The Morgan fingerprint density at radius 3 is 2.54 bits per heavy atom. The van der Waals surface area contributed by atoms with Gasteiger partial charge in [-0.15, -0.1) is 0 Å². The molecule has 1 saturated carbocycles. The fourth-order valence-corrected chi connectivity index (χ4v) is 1.83. The van der Waals surface area contributed by atoms with Crippen LogP contribution < -0.4 is 0 Å². The van der Waals surface area contributed by atoms with E-state index in [-0.39, 0.29) is 17.9 Å². The average molecular weight is 185 g/mol. The first kappa shape index (κ1) is 10.5. The number of hydrogen-bond donors (Lipinski definition) is 1. The summed E-state index contributed by atoms with van der Waals surface area (Å²) in [5, 5.41) is 9.63. The molecule has 3 heteroatoms. The van der Waals surface area contributed by atoms with Crippen LogP contribution in [0.25, 0.3) is 0 Å². The lowest BCUT2D eigenvalue weighted by Gasteiger charge is -2.27. The van der Waals surface area contributed by atoms with E-state index in [1.54, 1.807) is 19.0 Å². The van der Waals surface area contributed by atoms with Crippen LogP contribution in [0, 0.1) is 5.92 Å². The highest BCUT2D eigenvalue weighted by Gasteiger charge is 2.25. The second-order valence-electron chi connectivity index (χ2n) is 4.10. The molecule has 76 valence electrons. The van der Waals surface area contributed by atoms with E-state index in [1.165, 1.54) is 0 Å². The van der Waals surface area contributed by atoms with Crippen LogP contribution in [-0.2, 0) is 4.79 Å². The first-order valence-corrected chi connectivity index (χ1v) is 4.99. The van der Waals surface area contributed by atoms with Crippen LogP contribution in [0.5, 0.6) is 0 Å². The van der Waals surface area contributed by atoms with Gasteiger partial charge in [0, 0.05) is 20.5 Å². The minimum atomic E-state index is -0.252.